The molecule has 0 unspecified atom stereocenters. The van der Waals surface area contributed by atoms with E-state index in [0.29, 0.717) is 28.0 Å². The number of rotatable bonds is 5. The summed E-state index contributed by atoms with van der Waals surface area (Å²) >= 11 is 1.33. The standard InChI is InChI=1S/C17H16N4O3S/c1-11-19-20-12(2)21(11)18-10-13-6-7-14(15(9-13)23-3)24-17(22)16-5-4-8-25-16/h4-10H,1-3H3/b18-10-. The van der Waals surface area contributed by atoms with E-state index >= 15 is 0 Å². The zero-order valence-electron chi connectivity index (χ0n) is 14.0. The molecule has 0 radical (unpaired) electrons. The van der Waals surface area contributed by atoms with Gasteiger partial charge in [0.05, 0.1) is 13.3 Å². The van der Waals surface area contributed by atoms with Crippen LogP contribution in [0.25, 0.3) is 0 Å². The van der Waals surface area contributed by atoms with Gasteiger partial charge in [-0.3, -0.25) is 0 Å². The van der Waals surface area contributed by atoms with E-state index in [9.17, 15) is 4.79 Å². The van der Waals surface area contributed by atoms with Crippen molar-refractivity contribution in [1.29, 1.82) is 0 Å². The number of carbonyl (C=O) groups is 1. The zero-order valence-corrected chi connectivity index (χ0v) is 14.8. The molecule has 1 aromatic carbocycles. The van der Waals surface area contributed by atoms with Crippen molar-refractivity contribution in [3.8, 4) is 11.5 Å². The number of hydrogen-bond donors (Lipinski definition) is 0. The minimum absolute atomic E-state index is 0.356. The molecule has 0 N–H and O–H groups in total. The summed E-state index contributed by atoms with van der Waals surface area (Å²) in [6, 6.07) is 8.72. The third kappa shape index (κ3) is 3.74. The first-order valence-corrected chi connectivity index (χ1v) is 8.33. The molecule has 0 spiro atoms. The van der Waals surface area contributed by atoms with Crippen LogP contribution in [0.1, 0.15) is 26.9 Å². The molecule has 2 aromatic heterocycles. The second-order valence-electron chi connectivity index (χ2n) is 5.13. The van der Waals surface area contributed by atoms with Crippen molar-refractivity contribution in [1.82, 2.24) is 14.9 Å². The molecule has 0 saturated carbocycles. The highest BCUT2D eigenvalue weighted by molar-refractivity contribution is 7.12. The van der Waals surface area contributed by atoms with Gasteiger partial charge in [-0.05, 0) is 49.1 Å². The smallest absolute Gasteiger partial charge is 0.353 e. The van der Waals surface area contributed by atoms with Crippen LogP contribution in [0.3, 0.4) is 0 Å². The largest absolute Gasteiger partial charge is 0.493 e. The van der Waals surface area contributed by atoms with Crippen molar-refractivity contribution in [2.24, 2.45) is 5.10 Å². The Bertz CT molecular complexity index is 897. The minimum atomic E-state index is -0.412. The van der Waals surface area contributed by atoms with Gasteiger partial charge in [0, 0.05) is 0 Å². The average molecular weight is 356 g/mol. The molecule has 0 aliphatic heterocycles. The molecule has 0 aliphatic carbocycles. The van der Waals surface area contributed by atoms with Gasteiger partial charge in [-0.25, -0.2) is 9.47 Å². The number of aryl methyl sites for hydroxylation is 2. The number of ether oxygens (including phenoxy) is 2. The Morgan fingerprint density at radius 1 is 1.20 bits per heavy atom. The van der Waals surface area contributed by atoms with Crippen molar-refractivity contribution in [2.75, 3.05) is 7.11 Å². The third-order valence-electron chi connectivity index (χ3n) is 3.39. The van der Waals surface area contributed by atoms with Gasteiger partial charge in [0.2, 0.25) is 0 Å². The number of carbonyl (C=O) groups excluding carboxylic acids is 1. The molecule has 7 nitrogen and oxygen atoms in total. The summed E-state index contributed by atoms with van der Waals surface area (Å²) in [5, 5.41) is 14.1. The van der Waals surface area contributed by atoms with E-state index < -0.39 is 5.97 Å². The third-order valence-corrected chi connectivity index (χ3v) is 4.24. The molecular weight excluding hydrogens is 340 g/mol. The Kier molecular flexibility index (Phi) is 4.90. The maximum atomic E-state index is 12.1. The summed E-state index contributed by atoms with van der Waals surface area (Å²) in [6.07, 6.45) is 1.66. The number of esters is 1. The van der Waals surface area contributed by atoms with Gasteiger partial charge in [-0.15, -0.1) is 21.5 Å². The first kappa shape index (κ1) is 16.8. The van der Waals surface area contributed by atoms with Crippen LogP contribution in [0.2, 0.25) is 0 Å². The van der Waals surface area contributed by atoms with E-state index in [-0.39, 0.29) is 0 Å². The van der Waals surface area contributed by atoms with Crippen molar-refractivity contribution < 1.29 is 14.3 Å². The summed E-state index contributed by atoms with van der Waals surface area (Å²) in [5.41, 5.74) is 0.792. The maximum Gasteiger partial charge on any atom is 0.353 e. The van der Waals surface area contributed by atoms with E-state index in [1.165, 1.54) is 18.4 Å². The number of hydrogen-bond acceptors (Lipinski definition) is 7. The lowest BCUT2D eigenvalue weighted by Crippen LogP contribution is -2.07. The molecule has 0 amide bonds. The van der Waals surface area contributed by atoms with Crippen LogP contribution in [0, 0.1) is 13.8 Å². The molecule has 0 bridgehead atoms. The highest BCUT2D eigenvalue weighted by Crippen LogP contribution is 2.28. The number of thiophene rings is 1. The minimum Gasteiger partial charge on any atom is -0.493 e. The van der Waals surface area contributed by atoms with Gasteiger partial charge in [0.15, 0.2) is 23.1 Å². The lowest BCUT2D eigenvalue weighted by Gasteiger charge is -2.09. The van der Waals surface area contributed by atoms with Crippen LogP contribution in [0.5, 0.6) is 11.5 Å². The topological polar surface area (TPSA) is 78.6 Å². The summed E-state index contributed by atoms with van der Waals surface area (Å²) in [6.45, 7) is 3.65. The molecule has 0 fully saturated rings. The van der Waals surface area contributed by atoms with E-state index in [2.05, 4.69) is 15.3 Å². The fraction of sp³-hybridized carbons (Fsp3) is 0.176. The number of nitrogens with zero attached hydrogens (tertiary/aromatic N) is 4. The molecule has 3 aromatic rings. The van der Waals surface area contributed by atoms with Crippen molar-refractivity contribution in [2.45, 2.75) is 13.8 Å². The summed E-state index contributed by atoms with van der Waals surface area (Å²) in [7, 11) is 1.52. The van der Waals surface area contributed by atoms with Crippen LogP contribution in [-0.4, -0.2) is 34.2 Å². The van der Waals surface area contributed by atoms with Gasteiger partial charge < -0.3 is 9.47 Å². The van der Waals surface area contributed by atoms with Gasteiger partial charge >= 0.3 is 5.97 Å². The van der Waals surface area contributed by atoms with Gasteiger partial charge in [0.25, 0.3) is 0 Å². The Morgan fingerprint density at radius 2 is 1.96 bits per heavy atom. The summed E-state index contributed by atoms with van der Waals surface area (Å²) in [4.78, 5) is 12.6. The van der Waals surface area contributed by atoms with Crippen LogP contribution in [0.4, 0.5) is 0 Å². The normalized spacial score (nSPS) is 11.0. The Hall–Kier alpha value is -3.00. The summed E-state index contributed by atoms with van der Waals surface area (Å²) in [5.74, 6) is 1.79. The lowest BCUT2D eigenvalue weighted by molar-refractivity contribution is 0.0735. The molecular formula is C17H16N4O3S. The maximum absolute atomic E-state index is 12.1. The van der Waals surface area contributed by atoms with Crippen molar-refractivity contribution in [3.05, 3.63) is 57.8 Å². The predicted molar refractivity (Wildman–Crippen MR) is 94.8 cm³/mol. The predicted octanol–water partition coefficient (Wildman–Crippen LogP) is 3.07. The van der Waals surface area contributed by atoms with Crippen LogP contribution >= 0.6 is 11.3 Å². The molecule has 25 heavy (non-hydrogen) atoms. The van der Waals surface area contributed by atoms with Gasteiger partial charge in [-0.2, -0.15) is 5.10 Å². The average Bonchev–Trinajstić information content (AvgIpc) is 3.25. The fourth-order valence-electron chi connectivity index (χ4n) is 2.15. The molecule has 0 aliphatic rings. The van der Waals surface area contributed by atoms with Crippen LogP contribution < -0.4 is 9.47 Å². The second kappa shape index (κ2) is 7.27. The number of benzene rings is 1. The molecule has 3 rings (SSSR count). The van der Waals surface area contributed by atoms with E-state index in [4.69, 9.17) is 9.47 Å². The van der Waals surface area contributed by atoms with E-state index in [1.807, 2.05) is 19.2 Å². The Balaban J connectivity index is 1.81. The van der Waals surface area contributed by atoms with Crippen LogP contribution in [0.15, 0.2) is 40.8 Å². The molecule has 8 heteroatoms. The lowest BCUT2D eigenvalue weighted by atomic mass is 10.2. The zero-order chi connectivity index (χ0) is 17.8. The number of aromatic nitrogens is 3. The van der Waals surface area contributed by atoms with Crippen molar-refractivity contribution in [3.63, 3.8) is 0 Å². The van der Waals surface area contributed by atoms with E-state index in [0.717, 1.165) is 5.56 Å². The first-order chi connectivity index (χ1) is 12.1. The summed E-state index contributed by atoms with van der Waals surface area (Å²) < 4.78 is 12.4. The highest BCUT2D eigenvalue weighted by Gasteiger charge is 2.13. The first-order valence-electron chi connectivity index (χ1n) is 7.45. The Labute approximate surface area is 148 Å². The molecule has 0 saturated heterocycles. The second-order valence-corrected chi connectivity index (χ2v) is 6.08. The Morgan fingerprint density at radius 3 is 2.60 bits per heavy atom. The monoisotopic (exact) mass is 356 g/mol. The van der Waals surface area contributed by atoms with Gasteiger partial charge in [-0.1, -0.05) is 6.07 Å². The SMILES string of the molecule is COc1cc(/C=N\n2c(C)nnc2C)ccc1OC(=O)c1cccs1. The highest BCUT2D eigenvalue weighted by atomic mass is 32.1. The molecule has 128 valence electrons. The fourth-order valence-corrected chi connectivity index (χ4v) is 2.75. The molecule has 2 heterocycles. The quantitative estimate of drug-likeness (QED) is 0.399. The van der Waals surface area contributed by atoms with Crippen LogP contribution in [-0.2, 0) is 0 Å². The molecule has 0 atom stereocenters. The van der Waals surface area contributed by atoms with Gasteiger partial charge in [0.1, 0.15) is 4.88 Å². The number of methoxy groups -OCH3 is 1. The van der Waals surface area contributed by atoms with Crippen molar-refractivity contribution >= 4 is 23.5 Å². The van der Waals surface area contributed by atoms with E-state index in [1.54, 1.807) is 41.2 Å².